The number of carboxylic acids is 1. The molecule has 0 aromatic carbocycles. The first-order valence-electron chi connectivity index (χ1n) is 7.05. The van der Waals surface area contributed by atoms with Gasteiger partial charge in [0, 0.05) is 31.6 Å². The fourth-order valence-corrected chi connectivity index (χ4v) is 3.29. The van der Waals surface area contributed by atoms with Gasteiger partial charge in [-0.25, -0.2) is 4.79 Å². The van der Waals surface area contributed by atoms with Gasteiger partial charge in [-0.3, -0.25) is 9.59 Å². The van der Waals surface area contributed by atoms with Crippen LogP contribution in [0.2, 0.25) is 0 Å². The zero-order valence-corrected chi connectivity index (χ0v) is 13.3. The van der Waals surface area contributed by atoms with E-state index >= 15 is 0 Å². The zero-order chi connectivity index (χ0) is 15.8. The maximum Gasteiger partial charge on any atom is 0.320 e. The number of amides is 3. The van der Waals surface area contributed by atoms with E-state index in [1.54, 1.807) is 16.7 Å². The minimum Gasteiger partial charge on any atom is -0.481 e. The second kappa shape index (κ2) is 8.76. The molecule has 0 aliphatic carbocycles. The van der Waals surface area contributed by atoms with E-state index in [1.165, 1.54) is 11.9 Å². The second-order valence-electron chi connectivity index (χ2n) is 4.90. The van der Waals surface area contributed by atoms with Crippen molar-refractivity contribution in [2.24, 2.45) is 0 Å². The van der Waals surface area contributed by atoms with Crippen LogP contribution in [0.1, 0.15) is 19.8 Å². The third-order valence-corrected chi connectivity index (χ3v) is 4.35. The molecule has 1 fully saturated rings. The van der Waals surface area contributed by atoms with Gasteiger partial charge in [0.05, 0.1) is 12.5 Å². The molecule has 1 atom stereocenters. The van der Waals surface area contributed by atoms with Crippen LogP contribution < -0.4 is 5.32 Å². The number of hydrogen-bond acceptors (Lipinski definition) is 4. The molecule has 1 aliphatic heterocycles. The molecule has 2 N–H and O–H groups in total. The summed E-state index contributed by atoms with van der Waals surface area (Å²) < 4.78 is 0. The van der Waals surface area contributed by atoms with Gasteiger partial charge in [0.15, 0.2) is 0 Å². The summed E-state index contributed by atoms with van der Waals surface area (Å²) in [4.78, 5) is 38.1. The summed E-state index contributed by atoms with van der Waals surface area (Å²) in [5.41, 5.74) is 0. The van der Waals surface area contributed by atoms with E-state index in [0.29, 0.717) is 18.8 Å². The number of aliphatic carboxylic acids is 1. The van der Waals surface area contributed by atoms with Crippen LogP contribution in [0, 0.1) is 0 Å². The molecule has 0 spiro atoms. The number of carbonyl (C=O) groups excluding carboxylic acids is 2. The van der Waals surface area contributed by atoms with Gasteiger partial charge in [0.2, 0.25) is 5.91 Å². The summed E-state index contributed by atoms with van der Waals surface area (Å²) in [5, 5.41) is 11.5. The quantitative estimate of drug-likeness (QED) is 0.743. The van der Waals surface area contributed by atoms with Crippen molar-refractivity contribution in [1.29, 1.82) is 0 Å². The maximum atomic E-state index is 12.6. The van der Waals surface area contributed by atoms with Crippen molar-refractivity contribution < 1.29 is 19.5 Å². The second-order valence-corrected chi connectivity index (χ2v) is 6.05. The Morgan fingerprint density at radius 2 is 2.14 bits per heavy atom. The van der Waals surface area contributed by atoms with Crippen molar-refractivity contribution >= 4 is 29.7 Å². The van der Waals surface area contributed by atoms with Crippen LogP contribution in [-0.2, 0) is 9.59 Å². The number of urea groups is 1. The van der Waals surface area contributed by atoms with Gasteiger partial charge in [0.1, 0.15) is 6.54 Å². The number of likely N-dealkylation sites (N-methyl/N-ethyl adjacent to an activating group) is 1. The van der Waals surface area contributed by atoms with Crippen LogP contribution in [0.15, 0.2) is 0 Å². The normalized spacial score (nSPS) is 18.2. The first-order valence-corrected chi connectivity index (χ1v) is 8.20. The van der Waals surface area contributed by atoms with Gasteiger partial charge in [-0.15, -0.1) is 0 Å². The van der Waals surface area contributed by atoms with E-state index in [2.05, 4.69) is 5.32 Å². The van der Waals surface area contributed by atoms with Crippen LogP contribution in [-0.4, -0.2) is 77.0 Å². The van der Waals surface area contributed by atoms with Crippen LogP contribution in [0.5, 0.6) is 0 Å². The highest BCUT2D eigenvalue weighted by molar-refractivity contribution is 7.99. The Balaban J connectivity index is 2.78. The highest BCUT2D eigenvalue weighted by Gasteiger charge is 2.32. The first-order chi connectivity index (χ1) is 9.99. The Morgan fingerprint density at radius 1 is 1.43 bits per heavy atom. The third kappa shape index (κ3) is 5.45. The smallest absolute Gasteiger partial charge is 0.320 e. The van der Waals surface area contributed by atoms with E-state index in [0.717, 1.165) is 12.2 Å². The lowest BCUT2D eigenvalue weighted by Crippen LogP contribution is -2.54. The van der Waals surface area contributed by atoms with Gasteiger partial charge in [0.25, 0.3) is 0 Å². The van der Waals surface area contributed by atoms with E-state index in [9.17, 15) is 14.4 Å². The monoisotopic (exact) mass is 317 g/mol. The molecule has 1 unspecified atom stereocenters. The number of thioether (sulfide) groups is 1. The fraction of sp³-hybridized carbons (Fsp3) is 0.769. The molecule has 120 valence electrons. The van der Waals surface area contributed by atoms with Crippen LogP contribution in [0.25, 0.3) is 0 Å². The average Bonchev–Trinajstić information content (AvgIpc) is 2.46. The molecule has 1 aliphatic rings. The predicted molar refractivity (Wildman–Crippen MR) is 81.4 cm³/mol. The van der Waals surface area contributed by atoms with Crippen molar-refractivity contribution in [2.45, 2.75) is 25.8 Å². The minimum absolute atomic E-state index is 0.00656. The minimum atomic E-state index is -0.909. The number of rotatable bonds is 6. The summed E-state index contributed by atoms with van der Waals surface area (Å²) in [5.74, 6) is 0.284. The van der Waals surface area contributed by atoms with Crippen molar-refractivity contribution in [3.8, 4) is 0 Å². The summed E-state index contributed by atoms with van der Waals surface area (Å²) in [6.45, 7) is 2.95. The van der Waals surface area contributed by atoms with Crippen molar-refractivity contribution in [3.63, 3.8) is 0 Å². The number of nitrogens with one attached hydrogen (secondary N) is 1. The third-order valence-electron chi connectivity index (χ3n) is 3.26. The Morgan fingerprint density at radius 3 is 2.71 bits per heavy atom. The van der Waals surface area contributed by atoms with Crippen LogP contribution >= 0.6 is 11.8 Å². The molecular formula is C13H23N3O4S. The first kappa shape index (κ1) is 17.6. The molecule has 1 heterocycles. The Labute approximate surface area is 129 Å². The Hall–Kier alpha value is -1.44. The zero-order valence-electron chi connectivity index (χ0n) is 12.5. The summed E-state index contributed by atoms with van der Waals surface area (Å²) in [6, 6.07) is -0.551. The van der Waals surface area contributed by atoms with Crippen LogP contribution in [0.3, 0.4) is 0 Å². The predicted octanol–water partition coefficient (Wildman–Crippen LogP) is 0.457. The average molecular weight is 317 g/mol. The number of nitrogens with zero attached hydrogens (tertiary/aromatic N) is 2. The van der Waals surface area contributed by atoms with Gasteiger partial charge >= 0.3 is 12.0 Å². The molecule has 7 nitrogen and oxygen atoms in total. The van der Waals surface area contributed by atoms with E-state index in [-0.39, 0.29) is 30.9 Å². The molecule has 1 saturated heterocycles. The number of hydrogen-bond donors (Lipinski definition) is 2. The highest BCUT2D eigenvalue weighted by atomic mass is 32.2. The maximum absolute atomic E-state index is 12.6. The number of carbonyl (C=O) groups is 3. The lowest BCUT2D eigenvalue weighted by atomic mass is 10.2. The summed E-state index contributed by atoms with van der Waals surface area (Å²) >= 11 is 1.65. The van der Waals surface area contributed by atoms with E-state index in [1.807, 2.05) is 6.92 Å². The molecule has 21 heavy (non-hydrogen) atoms. The fourth-order valence-electron chi connectivity index (χ4n) is 2.22. The summed E-state index contributed by atoms with van der Waals surface area (Å²) in [6.07, 6.45) is 0.688. The van der Waals surface area contributed by atoms with E-state index in [4.69, 9.17) is 5.11 Å². The number of carboxylic acid groups (broad SMARTS) is 1. The van der Waals surface area contributed by atoms with Crippen LogP contribution in [0.4, 0.5) is 4.79 Å². The summed E-state index contributed by atoms with van der Waals surface area (Å²) in [7, 11) is 1.53. The SMILES string of the molecule is CCCN(CC(=O)NC)C(=O)N1CCSCC1CC(=O)O. The molecule has 1 rings (SSSR count). The topological polar surface area (TPSA) is 90.0 Å². The molecule has 0 saturated carbocycles. The van der Waals surface area contributed by atoms with Gasteiger partial charge in [-0.2, -0.15) is 11.8 Å². The van der Waals surface area contributed by atoms with E-state index < -0.39 is 5.97 Å². The largest absolute Gasteiger partial charge is 0.481 e. The molecule has 8 heteroatoms. The molecule has 3 amide bonds. The van der Waals surface area contributed by atoms with Crippen molar-refractivity contribution in [2.75, 3.05) is 38.2 Å². The van der Waals surface area contributed by atoms with Gasteiger partial charge in [-0.1, -0.05) is 6.92 Å². The lowest BCUT2D eigenvalue weighted by molar-refractivity contribution is -0.138. The van der Waals surface area contributed by atoms with Gasteiger partial charge < -0.3 is 20.2 Å². The molecule has 0 aromatic rings. The highest BCUT2D eigenvalue weighted by Crippen LogP contribution is 2.20. The van der Waals surface area contributed by atoms with Gasteiger partial charge in [-0.05, 0) is 6.42 Å². The Bertz CT molecular complexity index is 392. The molecule has 0 bridgehead atoms. The van der Waals surface area contributed by atoms with Crippen molar-refractivity contribution in [1.82, 2.24) is 15.1 Å². The molecular weight excluding hydrogens is 294 g/mol. The molecule has 0 aromatic heterocycles. The standard InChI is InChI=1S/C13H23N3O4S/c1-3-4-15(8-11(17)14-2)13(20)16-5-6-21-9-10(16)7-12(18)19/h10H,3-9H2,1-2H3,(H,14,17)(H,18,19). The molecule has 0 radical (unpaired) electrons. The Kier molecular flexibility index (Phi) is 7.35. The lowest BCUT2D eigenvalue weighted by Gasteiger charge is -2.38. The van der Waals surface area contributed by atoms with Crippen molar-refractivity contribution in [3.05, 3.63) is 0 Å².